The first-order chi connectivity index (χ1) is 9.26. The second-order valence-electron chi connectivity index (χ2n) is 5.68. The largest absolute Gasteiger partial charge is 0.449 e. The van der Waals surface area contributed by atoms with Crippen LogP contribution in [0.5, 0.6) is 0 Å². The summed E-state index contributed by atoms with van der Waals surface area (Å²) in [6, 6.07) is 0.244. The first-order valence-electron chi connectivity index (χ1n) is 7.65. The number of rotatable bonds is 5. The van der Waals surface area contributed by atoms with Crippen molar-refractivity contribution >= 4 is 6.09 Å². The summed E-state index contributed by atoms with van der Waals surface area (Å²) in [5.41, 5.74) is 0. The molecular weight excluding hydrogens is 238 g/mol. The van der Waals surface area contributed by atoms with Gasteiger partial charge in [0.2, 0.25) is 0 Å². The Morgan fingerprint density at radius 1 is 1.21 bits per heavy atom. The summed E-state index contributed by atoms with van der Waals surface area (Å²) in [4.78, 5) is 11.7. The number of hydrogen-bond acceptors (Lipinski definition) is 2. The van der Waals surface area contributed by atoms with Gasteiger partial charge >= 0.3 is 6.09 Å². The van der Waals surface area contributed by atoms with Crippen LogP contribution in [0.25, 0.3) is 0 Å². The lowest BCUT2D eigenvalue weighted by molar-refractivity contribution is 0.133. The van der Waals surface area contributed by atoms with E-state index in [1.54, 1.807) is 0 Å². The minimum Gasteiger partial charge on any atom is -0.449 e. The van der Waals surface area contributed by atoms with Crippen LogP contribution in [0.1, 0.15) is 52.4 Å². The van der Waals surface area contributed by atoms with Crippen LogP contribution in [0, 0.1) is 29.6 Å². The number of fused-ring (bicyclic) bond motifs is 1. The van der Waals surface area contributed by atoms with E-state index in [9.17, 15) is 4.79 Å². The van der Waals surface area contributed by atoms with Crippen molar-refractivity contribution in [2.45, 2.75) is 58.4 Å². The number of carbonyl (C=O) groups excluding carboxylic acids is 1. The molecule has 1 fully saturated rings. The first kappa shape index (κ1) is 14.2. The van der Waals surface area contributed by atoms with Gasteiger partial charge in [-0.05, 0) is 43.4 Å². The van der Waals surface area contributed by atoms with Crippen LogP contribution in [0.3, 0.4) is 0 Å². The minimum atomic E-state index is -0.246. The number of nitrogens with one attached hydrogen (secondary N) is 1. The Morgan fingerprint density at radius 3 is 2.32 bits per heavy atom. The monoisotopic (exact) mass is 263 g/mol. The molecule has 2 aliphatic carbocycles. The van der Waals surface area contributed by atoms with Gasteiger partial charge in [0.25, 0.3) is 0 Å². The minimum absolute atomic E-state index is 0.244. The van der Waals surface area contributed by atoms with E-state index in [1.165, 1.54) is 12.8 Å². The standard InChI is InChI=1S/C16H25NO2/c1-3-12(4-2)17-16(18)19-11-15-13-9-7-5-6-8-10-14(13)15/h12-15H,3-4,7-11H2,1-2H3,(H,17,18)/t13-,14+,15?. The maximum Gasteiger partial charge on any atom is 0.407 e. The summed E-state index contributed by atoms with van der Waals surface area (Å²) in [6.07, 6.45) is 6.05. The molecule has 1 unspecified atom stereocenters. The zero-order chi connectivity index (χ0) is 13.7. The number of amides is 1. The summed E-state index contributed by atoms with van der Waals surface area (Å²) in [7, 11) is 0. The molecule has 19 heavy (non-hydrogen) atoms. The highest BCUT2D eigenvalue weighted by molar-refractivity contribution is 5.67. The molecule has 3 nitrogen and oxygen atoms in total. The van der Waals surface area contributed by atoms with Crippen molar-refractivity contribution in [1.82, 2.24) is 5.32 Å². The third-order valence-corrected chi connectivity index (χ3v) is 4.55. The van der Waals surface area contributed by atoms with Gasteiger partial charge in [-0.2, -0.15) is 0 Å². The third-order valence-electron chi connectivity index (χ3n) is 4.55. The second-order valence-corrected chi connectivity index (χ2v) is 5.68. The zero-order valence-electron chi connectivity index (χ0n) is 12.1. The molecule has 0 radical (unpaired) electrons. The lowest BCUT2D eigenvalue weighted by Gasteiger charge is -2.14. The molecule has 0 aliphatic heterocycles. The smallest absolute Gasteiger partial charge is 0.407 e. The van der Waals surface area contributed by atoms with Gasteiger partial charge in [-0.3, -0.25) is 0 Å². The van der Waals surface area contributed by atoms with E-state index in [1.807, 2.05) is 0 Å². The molecule has 0 heterocycles. The Bertz CT molecular complexity index is 347. The highest BCUT2D eigenvalue weighted by atomic mass is 16.5. The molecule has 0 aromatic heterocycles. The predicted octanol–water partition coefficient (Wildman–Crippen LogP) is 3.34. The molecule has 0 aromatic rings. The van der Waals surface area contributed by atoms with E-state index in [4.69, 9.17) is 4.74 Å². The highest BCUT2D eigenvalue weighted by Crippen LogP contribution is 2.52. The molecule has 3 heteroatoms. The Kier molecular flexibility index (Phi) is 5.13. The van der Waals surface area contributed by atoms with Crippen LogP contribution < -0.4 is 5.32 Å². The van der Waals surface area contributed by atoms with E-state index >= 15 is 0 Å². The van der Waals surface area contributed by atoms with Gasteiger partial charge in [0.05, 0.1) is 6.61 Å². The van der Waals surface area contributed by atoms with Crippen LogP contribution >= 0.6 is 0 Å². The van der Waals surface area contributed by atoms with Crippen molar-refractivity contribution in [3.8, 4) is 11.8 Å². The van der Waals surface area contributed by atoms with Crippen LogP contribution in [-0.4, -0.2) is 18.7 Å². The number of hydrogen-bond donors (Lipinski definition) is 1. The summed E-state index contributed by atoms with van der Waals surface area (Å²) in [5.74, 6) is 8.47. The maximum atomic E-state index is 11.7. The lowest BCUT2D eigenvalue weighted by Crippen LogP contribution is -2.34. The normalized spacial score (nSPS) is 28.5. The Labute approximate surface area is 116 Å². The SMILES string of the molecule is CCC(CC)NC(=O)OCC1[C@H]2CCC#CCC[C@@H]12. The fraction of sp³-hybridized carbons (Fsp3) is 0.812. The van der Waals surface area contributed by atoms with E-state index in [0.29, 0.717) is 12.5 Å². The van der Waals surface area contributed by atoms with Crippen LogP contribution in [0.15, 0.2) is 0 Å². The zero-order valence-corrected chi connectivity index (χ0v) is 12.1. The van der Waals surface area contributed by atoms with Crippen molar-refractivity contribution in [2.24, 2.45) is 17.8 Å². The number of alkyl carbamates (subject to hydrolysis) is 1. The molecule has 0 spiro atoms. The molecule has 106 valence electrons. The van der Waals surface area contributed by atoms with Crippen molar-refractivity contribution < 1.29 is 9.53 Å². The Morgan fingerprint density at radius 2 is 1.79 bits per heavy atom. The fourth-order valence-corrected chi connectivity index (χ4v) is 3.16. The Hall–Kier alpha value is -1.17. The molecule has 1 N–H and O–H groups in total. The number of carbonyl (C=O) groups is 1. The molecule has 2 rings (SSSR count). The summed E-state index contributed by atoms with van der Waals surface area (Å²) in [6.45, 7) is 4.75. The molecule has 0 saturated heterocycles. The van der Waals surface area contributed by atoms with Crippen LogP contribution in [-0.2, 0) is 4.74 Å². The molecule has 1 amide bonds. The van der Waals surface area contributed by atoms with E-state index in [-0.39, 0.29) is 12.1 Å². The molecule has 1 saturated carbocycles. The van der Waals surface area contributed by atoms with Crippen molar-refractivity contribution in [2.75, 3.05) is 6.61 Å². The highest BCUT2D eigenvalue weighted by Gasteiger charge is 2.49. The summed E-state index contributed by atoms with van der Waals surface area (Å²) >= 11 is 0. The average Bonchev–Trinajstić information content (AvgIpc) is 3.03. The average molecular weight is 263 g/mol. The predicted molar refractivity (Wildman–Crippen MR) is 75.6 cm³/mol. The maximum absolute atomic E-state index is 11.7. The quantitative estimate of drug-likeness (QED) is 0.773. The van der Waals surface area contributed by atoms with Gasteiger partial charge in [0.15, 0.2) is 0 Å². The molecular formula is C16H25NO2. The van der Waals surface area contributed by atoms with Gasteiger partial charge in [0.1, 0.15) is 0 Å². The van der Waals surface area contributed by atoms with Gasteiger partial charge < -0.3 is 10.1 Å². The van der Waals surface area contributed by atoms with E-state index in [2.05, 4.69) is 31.0 Å². The first-order valence-corrected chi connectivity index (χ1v) is 7.65. The van der Waals surface area contributed by atoms with E-state index in [0.717, 1.165) is 37.5 Å². The summed E-state index contributed by atoms with van der Waals surface area (Å²) in [5, 5.41) is 2.92. The van der Waals surface area contributed by atoms with Crippen LogP contribution in [0.4, 0.5) is 4.79 Å². The van der Waals surface area contributed by atoms with Crippen LogP contribution in [0.2, 0.25) is 0 Å². The van der Waals surface area contributed by atoms with Gasteiger partial charge in [-0.1, -0.05) is 13.8 Å². The lowest BCUT2D eigenvalue weighted by atomic mass is 10.1. The van der Waals surface area contributed by atoms with Gasteiger partial charge in [-0.15, -0.1) is 11.8 Å². The van der Waals surface area contributed by atoms with Crippen molar-refractivity contribution in [3.63, 3.8) is 0 Å². The van der Waals surface area contributed by atoms with Crippen molar-refractivity contribution in [1.29, 1.82) is 0 Å². The fourth-order valence-electron chi connectivity index (χ4n) is 3.16. The van der Waals surface area contributed by atoms with Gasteiger partial charge in [0, 0.05) is 18.9 Å². The van der Waals surface area contributed by atoms with E-state index < -0.39 is 0 Å². The third kappa shape index (κ3) is 3.89. The molecule has 0 aromatic carbocycles. The van der Waals surface area contributed by atoms with Gasteiger partial charge in [-0.25, -0.2) is 4.79 Å². The summed E-state index contributed by atoms with van der Waals surface area (Å²) < 4.78 is 5.38. The van der Waals surface area contributed by atoms with Crippen molar-refractivity contribution in [3.05, 3.63) is 0 Å². The Balaban J connectivity index is 1.68. The molecule has 0 bridgehead atoms. The topological polar surface area (TPSA) is 38.3 Å². The second kappa shape index (κ2) is 6.84. The number of ether oxygens (including phenoxy) is 1. The molecule has 3 atom stereocenters. The molecule has 2 aliphatic rings.